The van der Waals surface area contributed by atoms with Crippen LogP contribution in [0.15, 0.2) is 72.8 Å². The van der Waals surface area contributed by atoms with Crippen LogP contribution >= 0.6 is 23.2 Å². The van der Waals surface area contributed by atoms with E-state index in [0.717, 1.165) is 16.1 Å². The van der Waals surface area contributed by atoms with Gasteiger partial charge in [-0.05, 0) is 41.5 Å². The summed E-state index contributed by atoms with van der Waals surface area (Å²) in [5.41, 5.74) is 1.73. The standard InChI is InChI=1S/C27H29Cl2N3O5S/c1-30-27(34)25(15-19-8-5-4-6-9-19)31(17-20-10-7-11-22(14-20)37-2)26(33)18-32(38(3,35)36)21-12-13-23(28)24(29)16-21/h4-14,16,25H,15,17-18H2,1-3H3,(H,30,34)/t25-/m0/s1. The average Bonchev–Trinajstić information content (AvgIpc) is 2.90. The van der Waals surface area contributed by atoms with E-state index in [1.54, 1.807) is 24.3 Å². The lowest BCUT2D eigenvalue weighted by atomic mass is 10.0. The number of nitrogens with one attached hydrogen (secondary N) is 1. The van der Waals surface area contributed by atoms with Crippen molar-refractivity contribution in [1.29, 1.82) is 0 Å². The molecule has 0 heterocycles. The van der Waals surface area contributed by atoms with Gasteiger partial charge in [-0.2, -0.15) is 0 Å². The average molecular weight is 579 g/mol. The fraction of sp³-hybridized carbons (Fsp3) is 0.259. The topological polar surface area (TPSA) is 96.0 Å². The van der Waals surface area contributed by atoms with Crippen LogP contribution in [0.2, 0.25) is 10.0 Å². The van der Waals surface area contributed by atoms with E-state index >= 15 is 0 Å². The number of amides is 2. The van der Waals surface area contributed by atoms with E-state index in [2.05, 4.69) is 5.32 Å². The largest absolute Gasteiger partial charge is 0.497 e. The molecule has 3 aromatic rings. The van der Waals surface area contributed by atoms with Crippen LogP contribution in [0, 0.1) is 0 Å². The summed E-state index contributed by atoms with van der Waals surface area (Å²) in [7, 11) is -0.880. The molecule has 38 heavy (non-hydrogen) atoms. The van der Waals surface area contributed by atoms with Gasteiger partial charge in [0.1, 0.15) is 18.3 Å². The Morgan fingerprint density at radius 2 is 1.63 bits per heavy atom. The maximum Gasteiger partial charge on any atom is 0.244 e. The summed E-state index contributed by atoms with van der Waals surface area (Å²) in [6, 6.07) is 19.8. The Morgan fingerprint density at radius 1 is 0.947 bits per heavy atom. The number of likely N-dealkylation sites (N-methyl/N-ethyl adjacent to an activating group) is 1. The second kappa shape index (κ2) is 13.0. The number of anilines is 1. The van der Waals surface area contributed by atoms with E-state index in [9.17, 15) is 18.0 Å². The molecule has 0 aliphatic rings. The number of benzene rings is 3. The van der Waals surface area contributed by atoms with Crippen molar-refractivity contribution in [3.63, 3.8) is 0 Å². The van der Waals surface area contributed by atoms with Crippen molar-refractivity contribution >= 4 is 50.7 Å². The Morgan fingerprint density at radius 3 is 2.24 bits per heavy atom. The van der Waals surface area contributed by atoms with Gasteiger partial charge in [0.2, 0.25) is 21.8 Å². The summed E-state index contributed by atoms with van der Waals surface area (Å²) in [5, 5.41) is 3.03. The van der Waals surface area contributed by atoms with Crippen molar-refractivity contribution in [2.75, 3.05) is 31.3 Å². The summed E-state index contributed by atoms with van der Waals surface area (Å²) >= 11 is 12.1. The highest BCUT2D eigenvalue weighted by Crippen LogP contribution is 2.29. The van der Waals surface area contributed by atoms with Crippen molar-refractivity contribution < 1.29 is 22.7 Å². The van der Waals surface area contributed by atoms with E-state index < -0.39 is 28.5 Å². The molecular weight excluding hydrogens is 549 g/mol. The number of methoxy groups -OCH3 is 1. The molecule has 0 bridgehead atoms. The first-order valence-electron chi connectivity index (χ1n) is 11.6. The molecule has 1 atom stereocenters. The molecule has 0 aliphatic carbocycles. The van der Waals surface area contributed by atoms with Crippen LogP contribution in [0.3, 0.4) is 0 Å². The summed E-state index contributed by atoms with van der Waals surface area (Å²) in [4.78, 5) is 28.4. The molecule has 0 unspecified atom stereocenters. The third-order valence-corrected chi connectivity index (χ3v) is 7.75. The SMILES string of the molecule is CNC(=O)[C@H](Cc1ccccc1)N(Cc1cccc(OC)c1)C(=O)CN(c1ccc(Cl)c(Cl)c1)S(C)(=O)=O. The van der Waals surface area contributed by atoms with Gasteiger partial charge in [0.25, 0.3) is 0 Å². The summed E-state index contributed by atoms with van der Waals surface area (Å²) in [5.74, 6) is -0.373. The van der Waals surface area contributed by atoms with E-state index in [-0.39, 0.29) is 34.6 Å². The number of sulfonamides is 1. The third-order valence-electron chi connectivity index (χ3n) is 5.87. The van der Waals surface area contributed by atoms with Gasteiger partial charge in [0.15, 0.2) is 0 Å². The fourth-order valence-electron chi connectivity index (χ4n) is 3.94. The molecule has 3 rings (SSSR count). The van der Waals surface area contributed by atoms with Gasteiger partial charge >= 0.3 is 0 Å². The summed E-state index contributed by atoms with van der Waals surface area (Å²) in [6.07, 6.45) is 1.22. The van der Waals surface area contributed by atoms with Gasteiger partial charge in [-0.1, -0.05) is 65.7 Å². The highest BCUT2D eigenvalue weighted by molar-refractivity contribution is 7.92. The van der Waals surface area contributed by atoms with Crippen molar-refractivity contribution in [2.24, 2.45) is 0 Å². The first-order chi connectivity index (χ1) is 18.0. The van der Waals surface area contributed by atoms with E-state index in [4.69, 9.17) is 27.9 Å². The number of hydrogen-bond donors (Lipinski definition) is 1. The second-order valence-electron chi connectivity index (χ2n) is 8.56. The molecule has 0 spiro atoms. The highest BCUT2D eigenvalue weighted by atomic mass is 35.5. The molecule has 0 fully saturated rings. The van der Waals surface area contributed by atoms with Gasteiger partial charge in [-0.15, -0.1) is 0 Å². The lowest BCUT2D eigenvalue weighted by Gasteiger charge is -2.33. The van der Waals surface area contributed by atoms with E-state index in [1.165, 1.54) is 37.3 Å². The van der Waals surface area contributed by atoms with Gasteiger partial charge in [0.05, 0.1) is 29.1 Å². The lowest BCUT2D eigenvalue weighted by molar-refractivity contribution is -0.139. The van der Waals surface area contributed by atoms with Gasteiger partial charge in [-0.25, -0.2) is 8.42 Å². The Hall–Kier alpha value is -3.27. The summed E-state index contributed by atoms with van der Waals surface area (Å²) < 4.78 is 31.8. The maximum absolute atomic E-state index is 13.9. The quantitative estimate of drug-likeness (QED) is 0.369. The molecule has 0 saturated carbocycles. The Labute approximate surface area is 233 Å². The van der Waals surface area contributed by atoms with E-state index in [1.807, 2.05) is 30.3 Å². The van der Waals surface area contributed by atoms with Gasteiger partial charge < -0.3 is 15.0 Å². The minimum absolute atomic E-state index is 0.0416. The summed E-state index contributed by atoms with van der Waals surface area (Å²) in [6.45, 7) is -0.511. The normalized spacial score (nSPS) is 11.9. The van der Waals surface area contributed by atoms with Gasteiger partial charge in [0, 0.05) is 20.0 Å². The first-order valence-corrected chi connectivity index (χ1v) is 14.2. The fourth-order valence-corrected chi connectivity index (χ4v) is 5.08. The predicted molar refractivity (Wildman–Crippen MR) is 150 cm³/mol. The number of hydrogen-bond acceptors (Lipinski definition) is 5. The van der Waals surface area contributed by atoms with Crippen LogP contribution in [0.25, 0.3) is 0 Å². The minimum Gasteiger partial charge on any atom is -0.497 e. The number of carbonyl (C=O) groups excluding carboxylic acids is 2. The number of ether oxygens (including phenoxy) is 1. The molecule has 3 aromatic carbocycles. The minimum atomic E-state index is -3.91. The smallest absolute Gasteiger partial charge is 0.244 e. The monoisotopic (exact) mass is 577 g/mol. The Balaban J connectivity index is 2.04. The van der Waals surface area contributed by atoms with Crippen LogP contribution < -0.4 is 14.4 Å². The van der Waals surface area contributed by atoms with Gasteiger partial charge in [-0.3, -0.25) is 13.9 Å². The zero-order valence-corrected chi connectivity index (χ0v) is 23.6. The maximum atomic E-state index is 13.9. The van der Waals surface area contributed by atoms with Crippen LogP contribution in [-0.2, 0) is 32.6 Å². The highest BCUT2D eigenvalue weighted by Gasteiger charge is 2.32. The van der Waals surface area contributed by atoms with Crippen LogP contribution in [0.4, 0.5) is 5.69 Å². The number of nitrogens with zero attached hydrogens (tertiary/aromatic N) is 2. The van der Waals surface area contributed by atoms with Crippen LogP contribution in [-0.4, -0.2) is 58.1 Å². The first kappa shape index (κ1) is 29.3. The van der Waals surface area contributed by atoms with Crippen molar-refractivity contribution in [1.82, 2.24) is 10.2 Å². The second-order valence-corrected chi connectivity index (χ2v) is 11.3. The molecule has 1 N–H and O–H groups in total. The number of carbonyl (C=O) groups is 2. The predicted octanol–water partition coefficient (Wildman–Crippen LogP) is 4.15. The zero-order chi connectivity index (χ0) is 27.9. The molecule has 0 radical (unpaired) electrons. The molecule has 0 aliphatic heterocycles. The third kappa shape index (κ3) is 7.63. The molecule has 0 saturated heterocycles. The Kier molecular flexibility index (Phi) is 10.0. The van der Waals surface area contributed by atoms with Crippen LogP contribution in [0.1, 0.15) is 11.1 Å². The molecular formula is C27H29Cl2N3O5S. The molecule has 2 amide bonds. The molecule has 11 heteroatoms. The number of halogens is 2. The zero-order valence-electron chi connectivity index (χ0n) is 21.2. The lowest BCUT2D eigenvalue weighted by Crippen LogP contribution is -2.52. The Bertz CT molecular complexity index is 1390. The van der Waals surface area contributed by atoms with E-state index in [0.29, 0.717) is 11.3 Å². The molecule has 0 aromatic heterocycles. The van der Waals surface area contributed by atoms with Crippen molar-refractivity contribution in [3.05, 3.63) is 94.0 Å². The van der Waals surface area contributed by atoms with Crippen molar-refractivity contribution in [2.45, 2.75) is 19.0 Å². The molecule has 8 nitrogen and oxygen atoms in total. The molecule has 202 valence electrons. The number of rotatable bonds is 11. The van der Waals surface area contributed by atoms with Crippen molar-refractivity contribution in [3.8, 4) is 5.75 Å². The van der Waals surface area contributed by atoms with Crippen LogP contribution in [0.5, 0.6) is 5.75 Å².